The van der Waals surface area contributed by atoms with E-state index in [-0.39, 0.29) is 6.61 Å². The van der Waals surface area contributed by atoms with E-state index >= 15 is 0 Å². The van der Waals surface area contributed by atoms with Crippen LogP contribution in [0.3, 0.4) is 0 Å². The van der Waals surface area contributed by atoms with Gasteiger partial charge in [0.1, 0.15) is 6.61 Å². The van der Waals surface area contributed by atoms with E-state index in [1.165, 1.54) is 6.26 Å². The van der Waals surface area contributed by atoms with E-state index in [1.807, 2.05) is 30.3 Å². The zero-order valence-electron chi connectivity index (χ0n) is 11.7. The molecule has 0 aromatic heterocycles. The summed E-state index contributed by atoms with van der Waals surface area (Å²) in [6.07, 6.45) is 0.906. The van der Waals surface area contributed by atoms with Crippen molar-refractivity contribution in [1.82, 2.24) is 0 Å². The molecule has 0 heterocycles. The fourth-order valence-corrected chi connectivity index (χ4v) is 1.48. The largest absolute Gasteiger partial charge is 0.499 e. The predicted molar refractivity (Wildman–Crippen MR) is 77.1 cm³/mol. The molecule has 0 amide bonds. The lowest BCUT2D eigenvalue weighted by Crippen LogP contribution is -2.18. The lowest BCUT2D eigenvalue weighted by Gasteiger charge is -2.18. The molecule has 4 heteroatoms. The number of carbonyl (C=O) groups is 1. The summed E-state index contributed by atoms with van der Waals surface area (Å²) in [7, 11) is 0. The average molecular weight is 276 g/mol. The Labute approximate surface area is 119 Å². The summed E-state index contributed by atoms with van der Waals surface area (Å²) in [5.41, 5.74) is 1.24. The van der Waals surface area contributed by atoms with Crippen LogP contribution >= 0.6 is 0 Å². The van der Waals surface area contributed by atoms with Crippen molar-refractivity contribution in [3.05, 3.63) is 60.9 Å². The van der Waals surface area contributed by atoms with Crippen LogP contribution in [0.1, 0.15) is 18.6 Å². The second-order valence-electron chi connectivity index (χ2n) is 4.20. The lowest BCUT2D eigenvalue weighted by atomic mass is 10.1. The van der Waals surface area contributed by atoms with Crippen molar-refractivity contribution in [2.45, 2.75) is 13.0 Å². The van der Waals surface area contributed by atoms with Crippen molar-refractivity contribution in [1.29, 1.82) is 0 Å². The summed E-state index contributed by atoms with van der Waals surface area (Å²) in [5.74, 6) is -0.426. The smallest absolute Gasteiger partial charge is 0.333 e. The molecular weight excluding hydrogens is 256 g/mol. The molecular formula is C16H20O4. The number of carbonyl (C=O) groups excluding carboxylic acids is 1. The molecule has 1 aromatic rings. The van der Waals surface area contributed by atoms with Gasteiger partial charge in [0.05, 0.1) is 19.5 Å². The Morgan fingerprint density at radius 2 is 2.00 bits per heavy atom. The Balaban J connectivity index is 2.58. The summed E-state index contributed by atoms with van der Waals surface area (Å²) in [6, 6.07) is 9.45. The Morgan fingerprint density at radius 3 is 2.60 bits per heavy atom. The summed E-state index contributed by atoms with van der Waals surface area (Å²) in [5, 5.41) is 0. The molecule has 1 aromatic carbocycles. The van der Waals surface area contributed by atoms with Crippen LogP contribution in [0, 0.1) is 0 Å². The van der Waals surface area contributed by atoms with Gasteiger partial charge in [-0.05, 0) is 12.5 Å². The molecule has 0 saturated carbocycles. The molecule has 0 bridgehead atoms. The summed E-state index contributed by atoms with van der Waals surface area (Å²) >= 11 is 0. The first-order valence-corrected chi connectivity index (χ1v) is 6.37. The monoisotopic (exact) mass is 276 g/mol. The number of ether oxygens (including phenoxy) is 3. The third kappa shape index (κ3) is 5.71. The van der Waals surface area contributed by atoms with Gasteiger partial charge in [0.15, 0.2) is 6.10 Å². The molecule has 0 saturated heterocycles. The first kappa shape index (κ1) is 16.0. The third-order valence-corrected chi connectivity index (χ3v) is 2.50. The van der Waals surface area contributed by atoms with E-state index < -0.39 is 12.1 Å². The van der Waals surface area contributed by atoms with Gasteiger partial charge in [0.25, 0.3) is 0 Å². The van der Waals surface area contributed by atoms with Crippen molar-refractivity contribution in [3.63, 3.8) is 0 Å². The van der Waals surface area contributed by atoms with Gasteiger partial charge in [-0.25, -0.2) is 4.79 Å². The van der Waals surface area contributed by atoms with Gasteiger partial charge in [-0.15, -0.1) is 0 Å². The SMILES string of the molecule is C=COCCOCC(OC(=O)C(=C)C)c1ccccc1. The molecule has 0 aliphatic heterocycles. The van der Waals surface area contributed by atoms with Gasteiger partial charge in [-0.3, -0.25) is 0 Å². The fraction of sp³-hybridized carbons (Fsp3) is 0.312. The van der Waals surface area contributed by atoms with Crippen LogP contribution in [0.2, 0.25) is 0 Å². The summed E-state index contributed by atoms with van der Waals surface area (Å²) in [6.45, 7) is 9.72. The minimum absolute atomic E-state index is 0.267. The van der Waals surface area contributed by atoms with E-state index in [9.17, 15) is 4.79 Å². The minimum Gasteiger partial charge on any atom is -0.499 e. The normalized spacial score (nSPS) is 11.4. The zero-order valence-corrected chi connectivity index (χ0v) is 11.7. The second-order valence-corrected chi connectivity index (χ2v) is 4.20. The van der Waals surface area contributed by atoms with Crippen LogP contribution in [-0.4, -0.2) is 25.8 Å². The third-order valence-electron chi connectivity index (χ3n) is 2.50. The maximum Gasteiger partial charge on any atom is 0.333 e. The first-order valence-electron chi connectivity index (χ1n) is 6.37. The van der Waals surface area contributed by atoms with Crippen LogP contribution < -0.4 is 0 Å². The first-order chi connectivity index (χ1) is 9.65. The van der Waals surface area contributed by atoms with Crippen molar-refractivity contribution >= 4 is 5.97 Å². The number of benzene rings is 1. The van der Waals surface area contributed by atoms with Crippen molar-refractivity contribution < 1.29 is 19.0 Å². The highest BCUT2D eigenvalue weighted by atomic mass is 16.6. The van der Waals surface area contributed by atoms with Crippen LogP contribution in [0.15, 0.2) is 55.3 Å². The maximum atomic E-state index is 11.6. The van der Waals surface area contributed by atoms with Crippen LogP contribution in [0.5, 0.6) is 0 Å². The van der Waals surface area contributed by atoms with Crippen LogP contribution in [0.4, 0.5) is 0 Å². The highest BCUT2D eigenvalue weighted by Gasteiger charge is 2.17. The predicted octanol–water partition coefficient (Wildman–Crippen LogP) is 3.02. The zero-order chi connectivity index (χ0) is 14.8. The molecule has 0 spiro atoms. The molecule has 20 heavy (non-hydrogen) atoms. The Hall–Kier alpha value is -2.07. The average Bonchev–Trinajstić information content (AvgIpc) is 2.46. The molecule has 0 aliphatic rings. The maximum absolute atomic E-state index is 11.6. The number of hydrogen-bond donors (Lipinski definition) is 0. The fourth-order valence-electron chi connectivity index (χ4n) is 1.48. The van der Waals surface area contributed by atoms with E-state index in [0.717, 1.165) is 5.56 Å². The Bertz CT molecular complexity index is 439. The lowest BCUT2D eigenvalue weighted by molar-refractivity contribution is -0.148. The Morgan fingerprint density at radius 1 is 1.30 bits per heavy atom. The van der Waals surface area contributed by atoms with Gasteiger partial charge in [0.2, 0.25) is 0 Å². The molecule has 108 valence electrons. The van der Waals surface area contributed by atoms with Crippen LogP contribution in [0.25, 0.3) is 0 Å². The quantitative estimate of drug-likeness (QED) is 0.301. The van der Waals surface area contributed by atoms with Crippen molar-refractivity contribution in [2.75, 3.05) is 19.8 Å². The molecule has 1 atom stereocenters. The molecule has 0 fully saturated rings. The van der Waals surface area contributed by atoms with E-state index in [4.69, 9.17) is 14.2 Å². The van der Waals surface area contributed by atoms with Gasteiger partial charge in [-0.2, -0.15) is 0 Å². The topological polar surface area (TPSA) is 44.8 Å². The van der Waals surface area contributed by atoms with Gasteiger partial charge in [-0.1, -0.05) is 43.5 Å². The highest BCUT2D eigenvalue weighted by molar-refractivity contribution is 5.87. The van der Waals surface area contributed by atoms with Gasteiger partial charge in [0, 0.05) is 5.57 Å². The van der Waals surface area contributed by atoms with Gasteiger partial charge < -0.3 is 14.2 Å². The van der Waals surface area contributed by atoms with Crippen molar-refractivity contribution in [2.24, 2.45) is 0 Å². The standard InChI is InChI=1S/C16H20O4/c1-4-18-10-11-19-12-15(20-16(17)13(2)3)14-8-6-5-7-9-14/h4-9,15H,1-2,10-12H2,3H3. The Kier molecular flexibility index (Phi) is 7.14. The highest BCUT2D eigenvalue weighted by Crippen LogP contribution is 2.19. The molecule has 4 nitrogen and oxygen atoms in total. The van der Waals surface area contributed by atoms with E-state index in [1.54, 1.807) is 6.92 Å². The van der Waals surface area contributed by atoms with Gasteiger partial charge >= 0.3 is 5.97 Å². The van der Waals surface area contributed by atoms with E-state index in [0.29, 0.717) is 18.8 Å². The number of rotatable bonds is 9. The molecule has 1 rings (SSSR count). The summed E-state index contributed by atoms with van der Waals surface area (Å²) < 4.78 is 15.8. The number of esters is 1. The van der Waals surface area contributed by atoms with Crippen LogP contribution in [-0.2, 0) is 19.0 Å². The second kappa shape index (κ2) is 8.93. The minimum atomic E-state index is -0.455. The van der Waals surface area contributed by atoms with E-state index in [2.05, 4.69) is 13.2 Å². The molecule has 0 radical (unpaired) electrons. The molecule has 0 N–H and O–H groups in total. The summed E-state index contributed by atoms with van der Waals surface area (Å²) in [4.78, 5) is 11.6. The van der Waals surface area contributed by atoms with Crippen molar-refractivity contribution in [3.8, 4) is 0 Å². The molecule has 1 unspecified atom stereocenters. The number of hydrogen-bond acceptors (Lipinski definition) is 4. The molecule has 0 aliphatic carbocycles.